The van der Waals surface area contributed by atoms with Gasteiger partial charge in [-0.15, -0.1) is 11.3 Å². The van der Waals surface area contributed by atoms with Gasteiger partial charge in [0.2, 0.25) is 27.7 Å². The van der Waals surface area contributed by atoms with Gasteiger partial charge in [0.05, 0.1) is 24.6 Å². The second kappa shape index (κ2) is 17.3. The van der Waals surface area contributed by atoms with Gasteiger partial charge in [-0.1, -0.05) is 32.1 Å². The molecule has 0 unspecified atom stereocenters. The van der Waals surface area contributed by atoms with Gasteiger partial charge in [-0.2, -0.15) is 0 Å². The number of aromatic nitrogens is 2. The molecule has 4 aliphatic rings. The molecule has 7 rings (SSSR count). The van der Waals surface area contributed by atoms with Crippen LogP contribution in [0.2, 0.25) is 0 Å². The van der Waals surface area contributed by atoms with Crippen molar-refractivity contribution in [3.63, 3.8) is 0 Å². The molecule has 2 aromatic heterocycles. The standard InChI is InChI=1S/C42H57N7O9S2/c1-24(2)43-39-45-33(23-59-39)32-19-25-18-27(56-6)14-17-30(25)36(44-32)57-28-20-34-35(50)47-42(38(52)48-60(54,55)29-15-16-29)21-26(42)12-10-8-7-9-11-13-31(37(51)49(34)22-28)46-40(53)58-41(3,4)5/h14,17-19,23-24,26,28-29,31,34H,7-13,15-16,20-22H2,1-6H3,(H,43,45)(H,46,53)(H,47,50)(H,48,52)/t26-,28-,31+,34+,42-/m1/s1. The molecule has 18 heteroatoms. The number of hydrogen-bond acceptors (Lipinski definition) is 13. The summed E-state index contributed by atoms with van der Waals surface area (Å²) in [4.78, 5) is 67.4. The van der Waals surface area contributed by atoms with Gasteiger partial charge in [0.1, 0.15) is 40.8 Å². The first-order valence-corrected chi connectivity index (χ1v) is 23.4. The van der Waals surface area contributed by atoms with Crippen molar-refractivity contribution < 1.29 is 41.8 Å². The SMILES string of the molecule is COc1ccc2c(O[C@@H]3C[C@H]4C(=O)N[C@]5(C(=O)NS(=O)(=O)C6CC6)C[C@H]5CCCCCCC[C@H](NC(=O)OC(C)(C)C)C(=O)N4C3)nc(-c3csc(NC(C)C)n3)cc2c1. The Kier molecular flexibility index (Phi) is 12.5. The normalized spacial score (nSPS) is 25.3. The van der Waals surface area contributed by atoms with Crippen molar-refractivity contribution in [3.8, 4) is 23.0 Å². The first-order chi connectivity index (χ1) is 28.4. The summed E-state index contributed by atoms with van der Waals surface area (Å²) in [5, 5.41) is 12.5. The van der Waals surface area contributed by atoms with E-state index in [9.17, 15) is 27.6 Å². The minimum atomic E-state index is -3.89. The van der Waals surface area contributed by atoms with Crippen molar-refractivity contribution in [2.45, 2.75) is 146 Å². The summed E-state index contributed by atoms with van der Waals surface area (Å²) in [6.45, 7) is 9.23. The van der Waals surface area contributed by atoms with Gasteiger partial charge >= 0.3 is 6.09 Å². The number of sulfonamides is 1. The average molecular weight is 868 g/mol. The fourth-order valence-electron chi connectivity index (χ4n) is 8.12. The number of fused-ring (bicyclic) bond motifs is 3. The first kappa shape index (κ1) is 43.4. The summed E-state index contributed by atoms with van der Waals surface area (Å²) in [6.07, 6.45) is 4.68. The molecular weight excluding hydrogens is 811 g/mol. The third-order valence-electron chi connectivity index (χ3n) is 11.4. The molecule has 326 valence electrons. The molecule has 0 spiro atoms. The monoisotopic (exact) mass is 867 g/mol. The van der Waals surface area contributed by atoms with Crippen LogP contribution in [-0.2, 0) is 29.1 Å². The molecule has 2 aliphatic heterocycles. The van der Waals surface area contributed by atoms with Crippen molar-refractivity contribution in [2.75, 3.05) is 19.0 Å². The number of hydrogen-bond donors (Lipinski definition) is 4. The Balaban J connectivity index is 1.22. The number of methoxy groups -OCH3 is 1. The summed E-state index contributed by atoms with van der Waals surface area (Å²) in [5.74, 6) is -1.22. The molecule has 16 nitrogen and oxygen atoms in total. The first-order valence-electron chi connectivity index (χ1n) is 21.0. The fourth-order valence-corrected chi connectivity index (χ4v) is 10.3. The van der Waals surface area contributed by atoms with Crippen LogP contribution in [0.15, 0.2) is 29.6 Å². The Hall–Kier alpha value is -4.71. The third-order valence-corrected chi connectivity index (χ3v) is 14.0. The number of nitrogens with zero attached hydrogens (tertiary/aromatic N) is 3. The lowest BCUT2D eigenvalue weighted by Gasteiger charge is -2.30. The van der Waals surface area contributed by atoms with Crippen LogP contribution in [0.25, 0.3) is 22.2 Å². The van der Waals surface area contributed by atoms with Crippen molar-refractivity contribution in [2.24, 2.45) is 5.92 Å². The topological polar surface area (TPSA) is 207 Å². The Morgan fingerprint density at radius 1 is 1.00 bits per heavy atom. The maximum absolute atomic E-state index is 14.7. The summed E-state index contributed by atoms with van der Waals surface area (Å²) < 4.78 is 45.9. The van der Waals surface area contributed by atoms with Gasteiger partial charge < -0.3 is 35.1 Å². The van der Waals surface area contributed by atoms with Crippen molar-refractivity contribution in [3.05, 3.63) is 29.6 Å². The number of pyridine rings is 1. The van der Waals surface area contributed by atoms with Crippen LogP contribution < -0.4 is 30.1 Å². The zero-order valence-electron chi connectivity index (χ0n) is 35.2. The number of thiazole rings is 1. The highest BCUT2D eigenvalue weighted by Gasteiger charge is 2.62. The zero-order chi connectivity index (χ0) is 43.0. The average Bonchev–Trinajstić information content (AvgIpc) is 4.06. The van der Waals surface area contributed by atoms with E-state index in [1.54, 1.807) is 33.9 Å². The number of rotatable bonds is 10. The van der Waals surface area contributed by atoms with Gasteiger partial charge in [0.25, 0.3) is 5.91 Å². The third kappa shape index (κ3) is 10.1. The number of carbonyl (C=O) groups is 4. The molecule has 60 heavy (non-hydrogen) atoms. The lowest BCUT2D eigenvalue weighted by atomic mass is 10.0. The smallest absolute Gasteiger partial charge is 0.408 e. The minimum Gasteiger partial charge on any atom is -0.497 e. The van der Waals surface area contributed by atoms with Crippen LogP contribution in [0, 0.1) is 5.92 Å². The molecule has 0 bridgehead atoms. The van der Waals surface area contributed by atoms with Crippen molar-refractivity contribution >= 4 is 61.1 Å². The van der Waals surface area contributed by atoms with Crippen LogP contribution in [0.4, 0.5) is 9.93 Å². The highest BCUT2D eigenvalue weighted by atomic mass is 32.2. The Bertz CT molecular complexity index is 2220. The van der Waals surface area contributed by atoms with E-state index in [1.165, 1.54) is 16.2 Å². The number of nitrogens with one attached hydrogen (secondary N) is 4. The molecular formula is C42H57N7O9S2. The highest BCUT2D eigenvalue weighted by molar-refractivity contribution is 7.91. The molecule has 4 N–H and O–H groups in total. The van der Waals surface area contributed by atoms with E-state index >= 15 is 0 Å². The molecule has 4 heterocycles. The fraction of sp³-hybridized carbons (Fsp3) is 0.619. The number of carbonyl (C=O) groups excluding carboxylic acids is 4. The molecule has 0 radical (unpaired) electrons. The summed E-state index contributed by atoms with van der Waals surface area (Å²) >= 11 is 1.46. The van der Waals surface area contributed by atoms with Crippen LogP contribution >= 0.6 is 11.3 Å². The number of amides is 4. The lowest BCUT2D eigenvalue weighted by molar-refractivity contribution is -0.141. The number of anilines is 1. The largest absolute Gasteiger partial charge is 0.497 e. The zero-order valence-corrected chi connectivity index (χ0v) is 36.8. The summed E-state index contributed by atoms with van der Waals surface area (Å²) in [7, 11) is -2.31. The van der Waals surface area contributed by atoms with Crippen molar-refractivity contribution in [1.29, 1.82) is 0 Å². The molecule has 2 saturated heterocycles. The highest BCUT2D eigenvalue weighted by Crippen LogP contribution is 2.48. The molecule has 1 aromatic carbocycles. The van der Waals surface area contributed by atoms with Crippen molar-refractivity contribution in [1.82, 2.24) is 30.2 Å². The Labute approximate surface area is 355 Å². The Morgan fingerprint density at radius 3 is 2.43 bits per heavy atom. The van der Waals surface area contributed by atoms with E-state index in [4.69, 9.17) is 24.2 Å². The van der Waals surface area contributed by atoms with E-state index in [-0.39, 0.29) is 37.2 Å². The van der Waals surface area contributed by atoms with Crippen LogP contribution in [0.3, 0.4) is 0 Å². The maximum Gasteiger partial charge on any atom is 0.408 e. The molecule has 2 saturated carbocycles. The van der Waals surface area contributed by atoms with Gasteiger partial charge in [-0.25, -0.2) is 23.2 Å². The lowest BCUT2D eigenvalue weighted by Crippen LogP contribution is -2.58. The number of alkyl carbamates (subject to hydrolysis) is 1. The van der Waals surface area contributed by atoms with E-state index in [0.717, 1.165) is 36.2 Å². The minimum absolute atomic E-state index is 0.0299. The van der Waals surface area contributed by atoms with E-state index < -0.39 is 68.4 Å². The molecule has 4 fully saturated rings. The maximum atomic E-state index is 14.7. The van der Waals surface area contributed by atoms with Gasteiger partial charge in [0.15, 0.2) is 5.13 Å². The van der Waals surface area contributed by atoms with E-state index in [2.05, 4.69) is 20.7 Å². The van der Waals surface area contributed by atoms with Gasteiger partial charge in [-0.05, 0) is 102 Å². The molecule has 5 atom stereocenters. The summed E-state index contributed by atoms with van der Waals surface area (Å²) in [5.41, 5.74) is -1.07. The van der Waals surface area contributed by atoms with Crippen LogP contribution in [0.1, 0.15) is 105 Å². The number of benzene rings is 1. The van der Waals surface area contributed by atoms with Crippen LogP contribution in [-0.4, -0.2) is 101 Å². The van der Waals surface area contributed by atoms with Gasteiger partial charge in [0, 0.05) is 23.2 Å². The summed E-state index contributed by atoms with van der Waals surface area (Å²) in [6, 6.07) is 5.45. The van der Waals surface area contributed by atoms with E-state index in [0.29, 0.717) is 54.6 Å². The van der Waals surface area contributed by atoms with Gasteiger partial charge in [-0.3, -0.25) is 19.1 Å². The predicted octanol–water partition coefficient (Wildman–Crippen LogP) is 5.66. The second-order valence-corrected chi connectivity index (χ2v) is 20.6. The quantitative estimate of drug-likeness (QED) is 0.195. The van der Waals surface area contributed by atoms with Crippen LogP contribution in [0.5, 0.6) is 11.6 Å². The number of ether oxygens (including phenoxy) is 3. The predicted molar refractivity (Wildman–Crippen MR) is 227 cm³/mol. The second-order valence-electron chi connectivity index (χ2n) is 17.8. The van der Waals surface area contributed by atoms with E-state index in [1.807, 2.05) is 37.4 Å². The molecule has 2 aliphatic carbocycles. The molecule has 4 amide bonds. The Morgan fingerprint density at radius 2 is 1.73 bits per heavy atom. The molecule has 3 aromatic rings.